The first kappa shape index (κ1) is 17.8. The Morgan fingerprint density at radius 2 is 1.67 bits per heavy atom. The molecule has 0 atom stereocenters. The lowest BCUT2D eigenvalue weighted by molar-refractivity contribution is -0.137. The number of rotatable bonds is 3. The third kappa shape index (κ3) is 3.00. The van der Waals surface area contributed by atoms with Gasteiger partial charge in [0.2, 0.25) is 0 Å². The van der Waals surface area contributed by atoms with Crippen molar-refractivity contribution in [2.24, 2.45) is 5.16 Å². The first-order valence-corrected chi connectivity index (χ1v) is 9.36. The number of aromatic nitrogens is 2. The monoisotopic (exact) mass is 393 g/mol. The van der Waals surface area contributed by atoms with Gasteiger partial charge in [-0.05, 0) is 29.8 Å². The minimum absolute atomic E-state index is 0.191. The summed E-state index contributed by atoms with van der Waals surface area (Å²) in [6, 6.07) is 23.8. The molecule has 1 aliphatic heterocycles. The Morgan fingerprint density at radius 1 is 0.933 bits per heavy atom. The number of hydrogen-bond acceptors (Lipinski definition) is 5. The number of nitrogens with zero attached hydrogens (tertiary/aromatic N) is 3. The van der Waals surface area contributed by atoms with Crippen LogP contribution in [0.5, 0.6) is 0 Å². The van der Waals surface area contributed by atoms with Crippen LogP contribution >= 0.6 is 0 Å². The Morgan fingerprint density at radius 3 is 2.53 bits per heavy atom. The van der Waals surface area contributed by atoms with Crippen LogP contribution in [0.25, 0.3) is 22.7 Å². The number of fused-ring (bicyclic) bond motifs is 4. The summed E-state index contributed by atoms with van der Waals surface area (Å²) < 4.78 is 1.50. The van der Waals surface area contributed by atoms with Crippen molar-refractivity contribution in [2.75, 3.05) is 0 Å². The third-order valence-corrected chi connectivity index (χ3v) is 4.83. The van der Waals surface area contributed by atoms with Gasteiger partial charge in [-0.1, -0.05) is 65.8 Å². The number of hydrogen-bond donors (Lipinski definition) is 0. The molecule has 1 aromatic heterocycles. The number of carbonyl (C=O) groups excluding carboxylic acids is 1. The Kier molecular flexibility index (Phi) is 4.29. The maximum atomic E-state index is 13.1. The highest BCUT2D eigenvalue weighted by molar-refractivity contribution is 6.16. The summed E-state index contributed by atoms with van der Waals surface area (Å²) in [4.78, 5) is 35.0. The molecule has 0 bridgehead atoms. The fourth-order valence-electron chi connectivity index (χ4n) is 3.44. The highest BCUT2D eigenvalue weighted by atomic mass is 16.7. The van der Waals surface area contributed by atoms with Crippen LogP contribution < -0.4 is 5.56 Å². The maximum absolute atomic E-state index is 13.1. The van der Waals surface area contributed by atoms with E-state index in [0.29, 0.717) is 33.7 Å². The van der Waals surface area contributed by atoms with E-state index in [4.69, 9.17) is 4.84 Å². The number of benzene rings is 3. The average molecular weight is 393 g/mol. The van der Waals surface area contributed by atoms with E-state index in [-0.39, 0.29) is 5.56 Å². The van der Waals surface area contributed by atoms with Crippen LogP contribution in [0.3, 0.4) is 0 Å². The van der Waals surface area contributed by atoms with Crippen molar-refractivity contribution in [2.45, 2.75) is 0 Å². The smallest absolute Gasteiger partial charge is 0.313 e. The molecule has 0 radical (unpaired) electrons. The molecule has 1 aliphatic rings. The van der Waals surface area contributed by atoms with Gasteiger partial charge in [-0.3, -0.25) is 9.36 Å². The molecule has 0 spiro atoms. The molecule has 0 N–H and O–H groups in total. The second kappa shape index (κ2) is 7.25. The van der Waals surface area contributed by atoms with Crippen LogP contribution in [0.1, 0.15) is 17.0 Å². The summed E-state index contributed by atoms with van der Waals surface area (Å²) in [6.07, 6.45) is 2.95. The second-order valence-electron chi connectivity index (χ2n) is 6.70. The predicted octanol–water partition coefficient (Wildman–Crippen LogP) is 3.71. The summed E-state index contributed by atoms with van der Waals surface area (Å²) in [5, 5.41) is 4.57. The molecule has 0 saturated heterocycles. The zero-order valence-corrected chi connectivity index (χ0v) is 15.7. The quantitative estimate of drug-likeness (QED) is 0.266. The van der Waals surface area contributed by atoms with Crippen molar-refractivity contribution in [3.8, 4) is 5.69 Å². The van der Waals surface area contributed by atoms with Crippen molar-refractivity contribution in [3.05, 3.63) is 112 Å². The van der Waals surface area contributed by atoms with Crippen LogP contribution in [0.2, 0.25) is 0 Å². The standard InChI is InChI=1S/C24H15N3O3/c28-21(15-14-16-8-2-1-3-9-16)30-26-22-18-11-5-7-13-20(18)27-23(22)25-19-12-6-4-10-17(19)24(27)29/h1-15H/b15-14+,26-22+. The molecular formula is C24H15N3O3. The normalized spacial score (nSPS) is 13.5. The fourth-order valence-corrected chi connectivity index (χ4v) is 3.44. The van der Waals surface area contributed by atoms with Crippen molar-refractivity contribution >= 4 is 28.7 Å². The van der Waals surface area contributed by atoms with Gasteiger partial charge in [0, 0.05) is 11.6 Å². The van der Waals surface area contributed by atoms with Gasteiger partial charge in [0.1, 0.15) is 0 Å². The molecule has 0 fully saturated rings. The SMILES string of the molecule is O=C(/C=C/c1ccccc1)O/N=C1\c2ccccc2-n2c1nc1ccccc1c2=O. The van der Waals surface area contributed by atoms with E-state index in [9.17, 15) is 9.59 Å². The van der Waals surface area contributed by atoms with E-state index in [1.807, 2.05) is 60.7 Å². The lowest BCUT2D eigenvalue weighted by Gasteiger charge is -2.05. The van der Waals surface area contributed by atoms with Gasteiger partial charge < -0.3 is 4.84 Å². The van der Waals surface area contributed by atoms with Gasteiger partial charge in [0.25, 0.3) is 5.56 Å². The van der Waals surface area contributed by atoms with E-state index in [1.54, 1.807) is 24.3 Å². The minimum Gasteiger partial charge on any atom is -0.313 e. The Bertz CT molecular complexity index is 1400. The van der Waals surface area contributed by atoms with Crippen molar-refractivity contribution in [1.82, 2.24) is 9.55 Å². The van der Waals surface area contributed by atoms with Crippen LogP contribution in [0.4, 0.5) is 0 Å². The average Bonchev–Trinajstić information content (AvgIpc) is 3.10. The molecule has 6 heteroatoms. The summed E-state index contributed by atoms with van der Waals surface area (Å²) in [6.45, 7) is 0. The summed E-state index contributed by atoms with van der Waals surface area (Å²) >= 11 is 0. The van der Waals surface area contributed by atoms with Gasteiger partial charge in [-0.2, -0.15) is 0 Å². The number of oxime groups is 1. The van der Waals surface area contributed by atoms with E-state index < -0.39 is 5.97 Å². The molecular weight excluding hydrogens is 378 g/mol. The maximum Gasteiger partial charge on any atom is 0.358 e. The summed E-state index contributed by atoms with van der Waals surface area (Å²) in [7, 11) is 0. The molecule has 30 heavy (non-hydrogen) atoms. The molecule has 4 aromatic rings. The third-order valence-electron chi connectivity index (χ3n) is 4.83. The van der Waals surface area contributed by atoms with Gasteiger partial charge in [-0.25, -0.2) is 9.78 Å². The van der Waals surface area contributed by atoms with E-state index in [2.05, 4.69) is 10.1 Å². The molecule has 3 aromatic carbocycles. The second-order valence-corrected chi connectivity index (χ2v) is 6.70. The first-order chi connectivity index (χ1) is 14.7. The van der Waals surface area contributed by atoms with Crippen molar-refractivity contribution in [1.29, 1.82) is 0 Å². The minimum atomic E-state index is -0.620. The Balaban J connectivity index is 1.56. The van der Waals surface area contributed by atoms with Gasteiger partial charge >= 0.3 is 5.97 Å². The largest absolute Gasteiger partial charge is 0.358 e. The summed E-state index contributed by atoms with van der Waals surface area (Å²) in [5.41, 5.74) is 2.92. The van der Waals surface area contributed by atoms with E-state index >= 15 is 0 Å². The molecule has 144 valence electrons. The lowest BCUT2D eigenvalue weighted by Crippen LogP contribution is -2.21. The zero-order chi connectivity index (χ0) is 20.5. The van der Waals surface area contributed by atoms with Gasteiger partial charge in [0.15, 0.2) is 11.5 Å². The molecule has 2 heterocycles. The van der Waals surface area contributed by atoms with Crippen LogP contribution in [0, 0.1) is 0 Å². The molecule has 0 saturated carbocycles. The van der Waals surface area contributed by atoms with Crippen LogP contribution in [0.15, 0.2) is 94.9 Å². The number of para-hydroxylation sites is 2. The van der Waals surface area contributed by atoms with Crippen LogP contribution in [-0.4, -0.2) is 21.2 Å². The molecule has 0 amide bonds. The lowest BCUT2D eigenvalue weighted by atomic mass is 10.1. The number of carbonyl (C=O) groups is 1. The Labute approximate surface area is 171 Å². The molecule has 5 rings (SSSR count). The molecule has 0 aliphatic carbocycles. The highest BCUT2D eigenvalue weighted by Gasteiger charge is 2.29. The van der Waals surface area contributed by atoms with E-state index in [1.165, 1.54) is 10.6 Å². The fraction of sp³-hybridized carbons (Fsp3) is 0. The topological polar surface area (TPSA) is 73.5 Å². The molecule has 6 nitrogen and oxygen atoms in total. The van der Waals surface area contributed by atoms with Crippen molar-refractivity contribution < 1.29 is 9.63 Å². The highest BCUT2D eigenvalue weighted by Crippen LogP contribution is 2.26. The van der Waals surface area contributed by atoms with Gasteiger partial charge in [0.05, 0.1) is 16.6 Å². The first-order valence-electron chi connectivity index (χ1n) is 9.36. The zero-order valence-electron chi connectivity index (χ0n) is 15.7. The molecule has 0 unspecified atom stereocenters. The predicted molar refractivity (Wildman–Crippen MR) is 115 cm³/mol. The summed E-state index contributed by atoms with van der Waals surface area (Å²) in [5.74, 6) is -0.273. The Hall–Kier alpha value is -4.32. The van der Waals surface area contributed by atoms with Crippen molar-refractivity contribution in [3.63, 3.8) is 0 Å². The van der Waals surface area contributed by atoms with E-state index in [0.717, 1.165) is 5.56 Å². The van der Waals surface area contributed by atoms with Crippen LogP contribution in [-0.2, 0) is 9.63 Å². The van der Waals surface area contributed by atoms with Gasteiger partial charge in [-0.15, -0.1) is 0 Å².